The molecule has 4 aromatic rings. The van der Waals surface area contributed by atoms with Gasteiger partial charge in [0.2, 0.25) is 5.91 Å². The van der Waals surface area contributed by atoms with Crippen LogP contribution in [-0.4, -0.2) is 47.8 Å². The number of methoxy groups -OCH3 is 3. The molecule has 1 amide bonds. The van der Waals surface area contributed by atoms with Gasteiger partial charge in [-0.15, -0.1) is 10.2 Å². The maximum absolute atomic E-state index is 12.7. The summed E-state index contributed by atoms with van der Waals surface area (Å²) in [6.45, 7) is 0. The van der Waals surface area contributed by atoms with Gasteiger partial charge in [0.15, 0.2) is 11.0 Å². The summed E-state index contributed by atoms with van der Waals surface area (Å²) in [7, 11) is 4.75. The lowest BCUT2D eigenvalue weighted by Gasteiger charge is -2.11. The van der Waals surface area contributed by atoms with Crippen LogP contribution in [0.5, 0.6) is 17.2 Å². The van der Waals surface area contributed by atoms with Gasteiger partial charge in [0.25, 0.3) is 0 Å². The number of thioether (sulfide) groups is 1. The highest BCUT2D eigenvalue weighted by Gasteiger charge is 2.17. The quantitative estimate of drug-likeness (QED) is 0.351. The first kappa shape index (κ1) is 23.2. The van der Waals surface area contributed by atoms with Crippen LogP contribution in [0.3, 0.4) is 0 Å². The fourth-order valence-corrected chi connectivity index (χ4v) is 4.06. The van der Waals surface area contributed by atoms with Crippen molar-refractivity contribution in [3.05, 3.63) is 72.8 Å². The zero-order valence-corrected chi connectivity index (χ0v) is 19.8. The third kappa shape index (κ3) is 5.32. The van der Waals surface area contributed by atoms with Crippen LogP contribution in [0.15, 0.2) is 78.0 Å². The molecule has 0 aliphatic carbocycles. The summed E-state index contributed by atoms with van der Waals surface area (Å²) in [5, 5.41) is 12.3. The van der Waals surface area contributed by atoms with Crippen molar-refractivity contribution in [2.75, 3.05) is 32.4 Å². The van der Waals surface area contributed by atoms with E-state index in [9.17, 15) is 4.79 Å². The van der Waals surface area contributed by atoms with Crippen LogP contribution < -0.4 is 19.5 Å². The number of carbonyl (C=O) groups is 1. The predicted molar refractivity (Wildman–Crippen MR) is 132 cm³/mol. The third-order valence-corrected chi connectivity index (χ3v) is 5.89. The van der Waals surface area contributed by atoms with Gasteiger partial charge < -0.3 is 19.5 Å². The zero-order chi connectivity index (χ0) is 23.9. The molecule has 0 radical (unpaired) electrons. The van der Waals surface area contributed by atoms with Gasteiger partial charge in [0.05, 0.1) is 27.1 Å². The lowest BCUT2D eigenvalue weighted by Crippen LogP contribution is -2.14. The maximum atomic E-state index is 12.7. The number of carbonyl (C=O) groups excluding carboxylic acids is 1. The Morgan fingerprint density at radius 1 is 0.853 bits per heavy atom. The molecule has 0 aliphatic rings. The maximum Gasteiger partial charge on any atom is 0.234 e. The third-order valence-electron chi connectivity index (χ3n) is 4.96. The normalized spacial score (nSPS) is 10.6. The van der Waals surface area contributed by atoms with Crippen LogP contribution in [-0.2, 0) is 4.79 Å². The highest BCUT2D eigenvalue weighted by atomic mass is 32.2. The first-order chi connectivity index (χ1) is 16.6. The van der Waals surface area contributed by atoms with Crippen molar-refractivity contribution in [1.82, 2.24) is 14.8 Å². The number of anilines is 1. The largest absolute Gasteiger partial charge is 0.497 e. The SMILES string of the molecule is COc1ccc(-c2nnc(SCC(=O)Nc3cc(OC)cc(OC)c3)n2-c2ccccc2)cc1. The predicted octanol–water partition coefficient (Wildman–Crippen LogP) is 4.69. The molecule has 1 N–H and O–H groups in total. The molecule has 1 heterocycles. The second kappa shape index (κ2) is 10.8. The molecular weight excluding hydrogens is 452 g/mol. The van der Waals surface area contributed by atoms with Crippen molar-refractivity contribution >= 4 is 23.4 Å². The van der Waals surface area contributed by atoms with Gasteiger partial charge in [-0.1, -0.05) is 30.0 Å². The summed E-state index contributed by atoms with van der Waals surface area (Å²) < 4.78 is 17.7. The van der Waals surface area contributed by atoms with Gasteiger partial charge in [-0.2, -0.15) is 0 Å². The molecule has 0 unspecified atom stereocenters. The average Bonchev–Trinajstić information content (AvgIpc) is 3.31. The van der Waals surface area contributed by atoms with Crippen molar-refractivity contribution in [3.63, 3.8) is 0 Å². The van der Waals surface area contributed by atoms with Crippen molar-refractivity contribution in [1.29, 1.82) is 0 Å². The van der Waals surface area contributed by atoms with Crippen molar-refractivity contribution in [2.24, 2.45) is 0 Å². The molecule has 0 spiro atoms. The average molecular weight is 477 g/mol. The Morgan fingerprint density at radius 3 is 2.12 bits per heavy atom. The molecule has 0 bridgehead atoms. The molecule has 9 heteroatoms. The summed E-state index contributed by atoms with van der Waals surface area (Å²) in [5.41, 5.74) is 2.38. The smallest absolute Gasteiger partial charge is 0.234 e. The molecular formula is C25H24N4O4S. The lowest BCUT2D eigenvalue weighted by molar-refractivity contribution is -0.113. The Kier molecular flexibility index (Phi) is 7.34. The topological polar surface area (TPSA) is 87.5 Å². The number of nitrogens with one attached hydrogen (secondary N) is 1. The second-order valence-corrected chi connectivity index (χ2v) is 8.09. The number of rotatable bonds is 9. The molecule has 0 saturated heterocycles. The van der Waals surface area contributed by atoms with E-state index >= 15 is 0 Å². The van der Waals surface area contributed by atoms with Crippen LogP contribution in [0.2, 0.25) is 0 Å². The minimum atomic E-state index is -0.186. The van der Waals surface area contributed by atoms with Gasteiger partial charge in [0.1, 0.15) is 17.2 Å². The van der Waals surface area contributed by atoms with E-state index in [1.165, 1.54) is 11.8 Å². The molecule has 0 saturated carbocycles. The lowest BCUT2D eigenvalue weighted by atomic mass is 10.2. The number of hydrogen-bond acceptors (Lipinski definition) is 7. The number of ether oxygens (including phenoxy) is 3. The number of hydrogen-bond donors (Lipinski definition) is 1. The summed E-state index contributed by atoms with van der Waals surface area (Å²) in [6.07, 6.45) is 0. The first-order valence-electron chi connectivity index (χ1n) is 10.4. The Hall–Kier alpha value is -3.98. The molecule has 1 aromatic heterocycles. The second-order valence-electron chi connectivity index (χ2n) is 7.14. The minimum absolute atomic E-state index is 0.146. The van der Waals surface area contributed by atoms with Crippen LogP contribution in [0.1, 0.15) is 0 Å². The van der Waals surface area contributed by atoms with Crippen LogP contribution in [0.25, 0.3) is 17.1 Å². The minimum Gasteiger partial charge on any atom is -0.497 e. The number of benzene rings is 3. The van der Waals surface area contributed by atoms with Crippen molar-refractivity contribution < 1.29 is 19.0 Å². The van der Waals surface area contributed by atoms with E-state index in [0.29, 0.717) is 28.2 Å². The molecule has 0 fully saturated rings. The van der Waals surface area contributed by atoms with E-state index in [4.69, 9.17) is 14.2 Å². The van der Waals surface area contributed by atoms with Crippen LogP contribution in [0.4, 0.5) is 5.69 Å². The fourth-order valence-electron chi connectivity index (χ4n) is 3.31. The number of para-hydroxylation sites is 1. The van der Waals surface area contributed by atoms with Gasteiger partial charge in [-0.3, -0.25) is 9.36 Å². The Morgan fingerprint density at radius 2 is 1.50 bits per heavy atom. The van der Waals surface area contributed by atoms with Crippen molar-refractivity contribution in [2.45, 2.75) is 5.16 Å². The Bertz CT molecular complexity index is 1240. The van der Waals surface area contributed by atoms with Gasteiger partial charge in [0, 0.05) is 35.1 Å². The molecule has 0 aliphatic heterocycles. The molecule has 3 aromatic carbocycles. The van der Waals surface area contributed by atoms with Gasteiger partial charge >= 0.3 is 0 Å². The molecule has 34 heavy (non-hydrogen) atoms. The summed E-state index contributed by atoms with van der Waals surface area (Å²) in [4.78, 5) is 12.7. The summed E-state index contributed by atoms with van der Waals surface area (Å²) in [5.74, 6) is 2.58. The summed E-state index contributed by atoms with van der Waals surface area (Å²) in [6, 6.07) is 22.6. The summed E-state index contributed by atoms with van der Waals surface area (Å²) >= 11 is 1.30. The molecule has 4 rings (SSSR count). The monoisotopic (exact) mass is 476 g/mol. The highest BCUT2D eigenvalue weighted by Crippen LogP contribution is 2.30. The van der Waals surface area contributed by atoms with E-state index in [0.717, 1.165) is 17.0 Å². The molecule has 8 nitrogen and oxygen atoms in total. The first-order valence-corrected chi connectivity index (χ1v) is 11.4. The van der Waals surface area contributed by atoms with Crippen molar-refractivity contribution in [3.8, 4) is 34.3 Å². The number of amides is 1. The Labute approximate surface area is 201 Å². The van der Waals surface area contributed by atoms with E-state index in [1.54, 1.807) is 39.5 Å². The van der Waals surface area contributed by atoms with E-state index in [1.807, 2.05) is 59.2 Å². The van der Waals surface area contributed by atoms with E-state index < -0.39 is 0 Å². The van der Waals surface area contributed by atoms with Crippen LogP contribution in [0, 0.1) is 0 Å². The van der Waals surface area contributed by atoms with Gasteiger partial charge in [-0.25, -0.2) is 0 Å². The highest BCUT2D eigenvalue weighted by molar-refractivity contribution is 7.99. The molecule has 174 valence electrons. The Balaban J connectivity index is 1.56. The fraction of sp³-hybridized carbons (Fsp3) is 0.160. The van der Waals surface area contributed by atoms with E-state index in [2.05, 4.69) is 15.5 Å². The number of nitrogens with zero attached hydrogens (tertiary/aromatic N) is 3. The standard InChI is InChI=1S/C25H24N4O4S/c1-31-20-11-9-17(10-12-20)24-27-28-25(29(24)19-7-5-4-6-8-19)34-16-23(30)26-18-13-21(32-2)15-22(14-18)33-3/h4-15H,16H2,1-3H3,(H,26,30). The van der Waals surface area contributed by atoms with Crippen LogP contribution >= 0.6 is 11.8 Å². The number of aromatic nitrogens is 3. The molecule has 0 atom stereocenters. The van der Waals surface area contributed by atoms with Gasteiger partial charge in [-0.05, 0) is 36.4 Å². The zero-order valence-electron chi connectivity index (χ0n) is 19.0. The van der Waals surface area contributed by atoms with E-state index in [-0.39, 0.29) is 11.7 Å².